The third kappa shape index (κ3) is 2.70. The molecule has 1 aromatic heterocycles. The molecular formula is C14H14BrNOS. The SMILES string of the molecule is Cc1nc(CC(=O)c2cccc(Br)c2C)sc1C. The van der Waals surface area contributed by atoms with Crippen LogP contribution in [0.4, 0.5) is 0 Å². The molecule has 0 aliphatic carbocycles. The average Bonchev–Trinajstić information content (AvgIpc) is 2.61. The molecule has 0 bridgehead atoms. The number of aryl methyl sites for hydroxylation is 2. The van der Waals surface area contributed by atoms with Crippen LogP contribution < -0.4 is 0 Å². The molecule has 2 nitrogen and oxygen atoms in total. The Kier molecular flexibility index (Phi) is 3.97. The molecule has 0 radical (unpaired) electrons. The lowest BCUT2D eigenvalue weighted by Gasteiger charge is -2.05. The van der Waals surface area contributed by atoms with Gasteiger partial charge in [-0.1, -0.05) is 28.1 Å². The molecule has 2 rings (SSSR count). The van der Waals surface area contributed by atoms with Crippen molar-refractivity contribution in [3.63, 3.8) is 0 Å². The van der Waals surface area contributed by atoms with Gasteiger partial charge in [0.2, 0.25) is 0 Å². The van der Waals surface area contributed by atoms with Gasteiger partial charge >= 0.3 is 0 Å². The Balaban J connectivity index is 2.24. The van der Waals surface area contributed by atoms with Crippen LogP contribution in [0, 0.1) is 20.8 Å². The van der Waals surface area contributed by atoms with Crippen molar-refractivity contribution >= 4 is 33.0 Å². The van der Waals surface area contributed by atoms with Gasteiger partial charge in [0.05, 0.1) is 12.1 Å². The Hall–Kier alpha value is -1.000. The van der Waals surface area contributed by atoms with Crippen LogP contribution in [-0.4, -0.2) is 10.8 Å². The first-order valence-corrected chi connectivity index (χ1v) is 7.31. The third-order valence-electron chi connectivity index (χ3n) is 2.95. The molecule has 0 aliphatic heterocycles. The van der Waals surface area contributed by atoms with E-state index in [-0.39, 0.29) is 5.78 Å². The van der Waals surface area contributed by atoms with Crippen LogP contribution >= 0.6 is 27.3 Å². The quantitative estimate of drug-likeness (QED) is 0.790. The number of carbonyl (C=O) groups is 1. The number of Topliss-reactive ketones (excluding diaryl/α,β-unsaturated/α-hetero) is 1. The maximum atomic E-state index is 12.3. The molecule has 0 amide bonds. The van der Waals surface area contributed by atoms with E-state index in [2.05, 4.69) is 20.9 Å². The van der Waals surface area contributed by atoms with Gasteiger partial charge in [0.25, 0.3) is 0 Å². The third-order valence-corrected chi connectivity index (χ3v) is 4.88. The number of hydrogen-bond acceptors (Lipinski definition) is 3. The molecular weight excluding hydrogens is 310 g/mol. The smallest absolute Gasteiger partial charge is 0.169 e. The molecule has 0 N–H and O–H groups in total. The van der Waals surface area contributed by atoms with Crippen LogP contribution in [0.2, 0.25) is 0 Å². The first-order valence-electron chi connectivity index (χ1n) is 5.70. The maximum Gasteiger partial charge on any atom is 0.169 e. The second kappa shape index (κ2) is 5.33. The first kappa shape index (κ1) is 13.4. The van der Waals surface area contributed by atoms with Gasteiger partial charge in [-0.2, -0.15) is 0 Å². The highest BCUT2D eigenvalue weighted by Gasteiger charge is 2.14. The minimum absolute atomic E-state index is 0.127. The minimum Gasteiger partial charge on any atom is -0.294 e. The fraction of sp³-hybridized carbons (Fsp3) is 0.286. The summed E-state index contributed by atoms with van der Waals surface area (Å²) in [5.74, 6) is 0.127. The maximum absolute atomic E-state index is 12.3. The fourth-order valence-electron chi connectivity index (χ4n) is 1.76. The second-order valence-corrected chi connectivity index (χ2v) is 6.40. The summed E-state index contributed by atoms with van der Waals surface area (Å²) in [4.78, 5) is 17.9. The van der Waals surface area contributed by atoms with Crippen molar-refractivity contribution in [1.82, 2.24) is 4.98 Å². The Labute approximate surface area is 119 Å². The number of thiazole rings is 1. The highest BCUT2D eigenvalue weighted by molar-refractivity contribution is 9.10. The molecule has 0 spiro atoms. The van der Waals surface area contributed by atoms with Crippen molar-refractivity contribution in [2.75, 3.05) is 0 Å². The lowest BCUT2D eigenvalue weighted by atomic mass is 10.0. The van der Waals surface area contributed by atoms with Crippen molar-refractivity contribution in [3.05, 3.63) is 49.4 Å². The first-order chi connectivity index (χ1) is 8.49. The predicted molar refractivity (Wildman–Crippen MR) is 78.5 cm³/mol. The van der Waals surface area contributed by atoms with Crippen molar-refractivity contribution in [1.29, 1.82) is 0 Å². The van der Waals surface area contributed by atoms with Gasteiger partial charge < -0.3 is 0 Å². The molecule has 0 atom stereocenters. The van der Waals surface area contributed by atoms with Gasteiger partial charge in [0.15, 0.2) is 5.78 Å². The number of nitrogens with zero attached hydrogens (tertiary/aromatic N) is 1. The molecule has 18 heavy (non-hydrogen) atoms. The van der Waals surface area contributed by atoms with E-state index in [0.29, 0.717) is 6.42 Å². The van der Waals surface area contributed by atoms with Crippen LogP contribution in [0.15, 0.2) is 22.7 Å². The lowest BCUT2D eigenvalue weighted by molar-refractivity contribution is 0.0992. The number of carbonyl (C=O) groups excluding carboxylic acids is 1. The van der Waals surface area contributed by atoms with Gasteiger partial charge in [0, 0.05) is 14.9 Å². The van der Waals surface area contributed by atoms with E-state index in [9.17, 15) is 4.79 Å². The summed E-state index contributed by atoms with van der Waals surface area (Å²) in [5, 5.41) is 0.898. The Morgan fingerprint density at radius 3 is 2.67 bits per heavy atom. The molecule has 0 saturated heterocycles. The van der Waals surface area contributed by atoms with E-state index in [0.717, 1.165) is 26.3 Å². The highest BCUT2D eigenvalue weighted by atomic mass is 79.9. The lowest BCUT2D eigenvalue weighted by Crippen LogP contribution is -2.05. The van der Waals surface area contributed by atoms with E-state index in [1.807, 2.05) is 39.0 Å². The molecule has 2 aromatic rings. The normalized spacial score (nSPS) is 10.7. The average molecular weight is 324 g/mol. The largest absolute Gasteiger partial charge is 0.294 e. The molecule has 1 aromatic carbocycles. The number of rotatable bonds is 3. The summed E-state index contributed by atoms with van der Waals surface area (Å²) in [6.07, 6.45) is 0.386. The van der Waals surface area contributed by atoms with Gasteiger partial charge in [0.1, 0.15) is 5.01 Å². The van der Waals surface area contributed by atoms with Crippen LogP contribution in [-0.2, 0) is 6.42 Å². The van der Waals surface area contributed by atoms with E-state index in [1.54, 1.807) is 11.3 Å². The zero-order valence-electron chi connectivity index (χ0n) is 10.6. The molecule has 94 valence electrons. The van der Waals surface area contributed by atoms with Crippen molar-refractivity contribution in [3.8, 4) is 0 Å². The van der Waals surface area contributed by atoms with Crippen molar-refractivity contribution < 1.29 is 4.79 Å². The molecule has 0 unspecified atom stereocenters. The van der Waals surface area contributed by atoms with Gasteiger partial charge in [-0.05, 0) is 32.4 Å². The summed E-state index contributed by atoms with van der Waals surface area (Å²) in [6, 6.07) is 5.71. The topological polar surface area (TPSA) is 30.0 Å². The molecule has 1 heterocycles. The number of hydrogen-bond donors (Lipinski definition) is 0. The molecule has 0 saturated carbocycles. The van der Waals surface area contributed by atoms with Gasteiger partial charge in [-0.3, -0.25) is 4.79 Å². The van der Waals surface area contributed by atoms with E-state index < -0.39 is 0 Å². The standard InChI is InChI=1S/C14H14BrNOS/c1-8-11(5-4-6-12(8)15)13(17)7-14-16-9(2)10(3)18-14/h4-6H,7H2,1-3H3. The van der Waals surface area contributed by atoms with Crippen molar-refractivity contribution in [2.45, 2.75) is 27.2 Å². The Bertz CT molecular complexity index is 584. The predicted octanol–water partition coefficient (Wildman–Crippen LogP) is 4.26. The summed E-state index contributed by atoms with van der Waals surface area (Å²) in [5.41, 5.74) is 2.79. The minimum atomic E-state index is 0.127. The Morgan fingerprint density at radius 2 is 2.06 bits per heavy atom. The highest BCUT2D eigenvalue weighted by Crippen LogP contribution is 2.22. The van der Waals surface area contributed by atoms with Crippen LogP contribution in [0.3, 0.4) is 0 Å². The summed E-state index contributed by atoms with van der Waals surface area (Å²) < 4.78 is 0.972. The van der Waals surface area contributed by atoms with Crippen LogP contribution in [0.5, 0.6) is 0 Å². The number of benzene rings is 1. The zero-order chi connectivity index (χ0) is 13.3. The monoisotopic (exact) mass is 323 g/mol. The number of aromatic nitrogens is 1. The summed E-state index contributed by atoms with van der Waals surface area (Å²) in [7, 11) is 0. The van der Waals surface area contributed by atoms with E-state index >= 15 is 0 Å². The molecule has 4 heteroatoms. The summed E-state index contributed by atoms with van der Waals surface area (Å²) >= 11 is 5.05. The molecule has 0 aliphatic rings. The van der Waals surface area contributed by atoms with Gasteiger partial charge in [-0.15, -0.1) is 11.3 Å². The number of halogens is 1. The van der Waals surface area contributed by atoms with Crippen LogP contribution in [0.1, 0.15) is 31.5 Å². The van der Waals surface area contributed by atoms with E-state index in [4.69, 9.17) is 0 Å². The Morgan fingerprint density at radius 1 is 1.33 bits per heavy atom. The molecule has 0 fully saturated rings. The van der Waals surface area contributed by atoms with Gasteiger partial charge in [-0.25, -0.2) is 4.98 Å². The number of ketones is 1. The fourth-order valence-corrected chi connectivity index (χ4v) is 3.06. The van der Waals surface area contributed by atoms with Crippen LogP contribution in [0.25, 0.3) is 0 Å². The van der Waals surface area contributed by atoms with E-state index in [1.165, 1.54) is 4.88 Å². The second-order valence-electron chi connectivity index (χ2n) is 4.26. The zero-order valence-corrected chi connectivity index (χ0v) is 13.0. The van der Waals surface area contributed by atoms with Crippen molar-refractivity contribution in [2.24, 2.45) is 0 Å². The summed E-state index contributed by atoms with van der Waals surface area (Å²) in [6.45, 7) is 5.96.